The molecule has 2 unspecified atom stereocenters. The minimum atomic E-state index is -0.826. The molecule has 14 heteroatoms. The third-order valence-corrected chi connectivity index (χ3v) is 15.0. The summed E-state index contributed by atoms with van der Waals surface area (Å²) in [5.74, 6) is -0.552. The Kier molecular flexibility index (Phi) is 11.5. The van der Waals surface area contributed by atoms with E-state index in [1.807, 2.05) is 6.20 Å². The van der Waals surface area contributed by atoms with Gasteiger partial charge in [-0.2, -0.15) is 0 Å². The van der Waals surface area contributed by atoms with Crippen molar-refractivity contribution in [2.24, 2.45) is 17.3 Å². The lowest BCUT2D eigenvalue weighted by Gasteiger charge is -2.49. The van der Waals surface area contributed by atoms with Gasteiger partial charge in [0.05, 0.1) is 46.7 Å². The van der Waals surface area contributed by atoms with Crippen LogP contribution in [0.15, 0.2) is 35.8 Å². The van der Waals surface area contributed by atoms with Crippen molar-refractivity contribution in [2.75, 3.05) is 45.3 Å². The summed E-state index contributed by atoms with van der Waals surface area (Å²) in [6.07, 6.45) is 8.37. The van der Waals surface area contributed by atoms with Crippen LogP contribution in [-0.4, -0.2) is 107 Å². The van der Waals surface area contributed by atoms with Crippen molar-refractivity contribution in [2.45, 2.75) is 123 Å². The van der Waals surface area contributed by atoms with Gasteiger partial charge in [0.25, 0.3) is 5.91 Å². The monoisotopic (exact) mass is 850 g/mol. The van der Waals surface area contributed by atoms with Crippen molar-refractivity contribution in [3.05, 3.63) is 52.1 Å². The first-order chi connectivity index (χ1) is 29.3. The summed E-state index contributed by atoms with van der Waals surface area (Å²) in [4.78, 5) is 56.7. The number of fused-ring (bicyclic) bond motifs is 8. The Hall–Kier alpha value is -4.37. The van der Waals surface area contributed by atoms with Crippen molar-refractivity contribution in [1.82, 2.24) is 35.2 Å². The van der Waals surface area contributed by atoms with E-state index in [0.29, 0.717) is 43.8 Å². The number of amides is 2. The maximum Gasteiger partial charge on any atom is 0.324 e. The van der Waals surface area contributed by atoms with Crippen LogP contribution in [0, 0.1) is 17.3 Å². The molecule has 326 valence electrons. The summed E-state index contributed by atoms with van der Waals surface area (Å²) in [6, 6.07) is 8.48. The van der Waals surface area contributed by atoms with Crippen LogP contribution in [0.25, 0.3) is 33.4 Å². The number of hydrogen-bond donors (Lipinski definition) is 2. The smallest absolute Gasteiger partial charge is 0.324 e. The molecule has 13 nitrogen and oxygen atoms in total. The van der Waals surface area contributed by atoms with Crippen molar-refractivity contribution < 1.29 is 23.9 Å². The largest absolute Gasteiger partial charge is 0.464 e. The first-order valence-electron chi connectivity index (χ1n) is 22.5. The minimum absolute atomic E-state index is 0.0899. The molecule has 8 bridgehead atoms. The van der Waals surface area contributed by atoms with E-state index in [9.17, 15) is 14.4 Å². The second kappa shape index (κ2) is 16.7. The van der Waals surface area contributed by atoms with E-state index in [1.165, 1.54) is 41.2 Å². The van der Waals surface area contributed by atoms with Crippen molar-refractivity contribution in [3.63, 3.8) is 0 Å². The van der Waals surface area contributed by atoms with Crippen LogP contribution in [0.3, 0.4) is 0 Å². The molecule has 4 aromatic rings. The van der Waals surface area contributed by atoms with Crippen LogP contribution in [0.1, 0.15) is 95.5 Å². The second-order valence-corrected chi connectivity index (χ2v) is 20.0. The number of nitrogens with one attached hydrogen (secondary N) is 2. The summed E-state index contributed by atoms with van der Waals surface area (Å²) in [6.45, 7) is 13.9. The molecule has 4 fully saturated rings. The van der Waals surface area contributed by atoms with Gasteiger partial charge in [0, 0.05) is 90.5 Å². The Labute approximate surface area is 363 Å². The number of piperidine rings is 1. The molecule has 7 heterocycles. The number of esters is 1. The predicted octanol–water partition coefficient (Wildman–Crippen LogP) is 6.53. The van der Waals surface area contributed by atoms with Gasteiger partial charge in [-0.15, -0.1) is 11.3 Å². The number of piperazine rings is 1. The minimum Gasteiger partial charge on any atom is -0.464 e. The molecule has 61 heavy (non-hydrogen) atoms. The molecule has 0 spiro atoms. The lowest BCUT2D eigenvalue weighted by Crippen LogP contribution is -2.60. The number of aromatic nitrogens is 3. The van der Waals surface area contributed by atoms with Crippen LogP contribution in [0.2, 0.25) is 0 Å². The lowest BCUT2D eigenvalue weighted by atomic mass is 9.84. The fourth-order valence-corrected chi connectivity index (χ4v) is 11.1. The number of nitrogens with zero attached hydrogens (tertiary/aromatic N) is 6. The zero-order valence-corrected chi connectivity index (χ0v) is 37.6. The molecule has 4 aliphatic heterocycles. The molecule has 1 aliphatic carbocycles. The standard InChI is InChI=1S/C47H62N8O5S/c1-8-54-40-15-14-29-18-34(40)36(43(54)35-19-32(22-48-42(35)28(3)59-7)53-23-30-11-9-12-31(24-53)52(30)6)21-47(4,5)26-60-46(58)37-13-10-16-55(51-37)45(57)38(20-41-49-39(29)25-61-41)50-44(56)33-17-27(33)2/h14-15,18-19,22,25,27-28,30-31,33,37-38,51H,8-13,16-17,20-21,23-24,26H2,1-7H3,(H,50,56)/t27-,28-,30?,31?,33-,37-,38-/m0/s1. The van der Waals surface area contributed by atoms with Crippen LogP contribution in [0.4, 0.5) is 5.69 Å². The van der Waals surface area contributed by atoms with E-state index in [-0.39, 0.29) is 42.8 Å². The number of anilines is 1. The first kappa shape index (κ1) is 42.0. The molecule has 5 aliphatic rings. The number of thiazole rings is 1. The molecule has 9 rings (SSSR count). The topological polar surface area (TPSA) is 134 Å². The Morgan fingerprint density at radius 3 is 2.62 bits per heavy atom. The molecular weight excluding hydrogens is 789 g/mol. The van der Waals surface area contributed by atoms with Crippen LogP contribution in [-0.2, 0) is 43.2 Å². The number of likely N-dealkylation sites (N-methyl/N-ethyl adjacent to an activating group) is 1. The highest BCUT2D eigenvalue weighted by Crippen LogP contribution is 2.44. The Bertz CT molecular complexity index is 2310. The highest BCUT2D eigenvalue weighted by atomic mass is 32.1. The van der Waals surface area contributed by atoms with Gasteiger partial charge in [-0.25, -0.2) is 10.4 Å². The van der Waals surface area contributed by atoms with Gasteiger partial charge in [-0.3, -0.25) is 29.3 Å². The molecule has 2 amide bonds. The normalized spacial score (nSPS) is 27.4. The van der Waals surface area contributed by atoms with Gasteiger partial charge in [-0.05, 0) is 89.1 Å². The van der Waals surface area contributed by atoms with E-state index >= 15 is 0 Å². The number of carbonyl (C=O) groups is 3. The number of ether oxygens (including phenoxy) is 2. The maximum absolute atomic E-state index is 14.2. The van der Waals surface area contributed by atoms with Crippen molar-refractivity contribution in [3.8, 4) is 22.5 Å². The third-order valence-electron chi connectivity index (χ3n) is 14.1. The quantitative estimate of drug-likeness (QED) is 0.198. The van der Waals surface area contributed by atoms with Gasteiger partial charge in [0.2, 0.25) is 5.91 Å². The summed E-state index contributed by atoms with van der Waals surface area (Å²) in [7, 11) is 4.03. The molecule has 1 aromatic carbocycles. The average molecular weight is 851 g/mol. The molecule has 0 radical (unpaired) electrons. The van der Waals surface area contributed by atoms with E-state index in [1.54, 1.807) is 7.11 Å². The molecule has 7 atom stereocenters. The summed E-state index contributed by atoms with van der Waals surface area (Å²) in [5, 5.41) is 8.50. The fraction of sp³-hybridized carbons (Fsp3) is 0.596. The summed E-state index contributed by atoms with van der Waals surface area (Å²) >= 11 is 1.50. The zero-order chi connectivity index (χ0) is 42.7. The molecule has 1 saturated carbocycles. The molecule has 3 aromatic heterocycles. The van der Waals surface area contributed by atoms with Crippen molar-refractivity contribution in [1.29, 1.82) is 0 Å². The van der Waals surface area contributed by atoms with Gasteiger partial charge in [0.15, 0.2) is 0 Å². The van der Waals surface area contributed by atoms with Gasteiger partial charge in [-0.1, -0.05) is 33.3 Å². The fourth-order valence-electron chi connectivity index (χ4n) is 10.3. The number of aryl methyl sites for hydroxylation is 1. The highest BCUT2D eigenvalue weighted by Gasteiger charge is 2.42. The second-order valence-electron chi connectivity index (χ2n) is 19.1. The molecular formula is C47H62N8O5S. The third kappa shape index (κ3) is 8.21. The number of pyridine rings is 1. The number of carbonyl (C=O) groups excluding carboxylic acids is 3. The zero-order valence-electron chi connectivity index (χ0n) is 36.8. The molecule has 3 saturated heterocycles. The number of benzene rings is 1. The Balaban J connectivity index is 1.17. The van der Waals surface area contributed by atoms with Crippen LogP contribution < -0.4 is 15.6 Å². The SMILES string of the molecule is CCn1c(-c2cc(N3CC4CCCC(C3)N4C)cnc2[C@H](C)OC)c2c3cc(ccc31)-c1csc(n1)C[C@H](NC(=O)[C@H]1C[C@@H]1C)C(=O)N1CCC[C@H](N1)C(=O)OCC(C)(C)C2. The maximum atomic E-state index is 14.2. The van der Waals surface area contributed by atoms with Crippen LogP contribution in [0.5, 0.6) is 0 Å². The molecule has 2 N–H and O–H groups in total. The lowest BCUT2D eigenvalue weighted by molar-refractivity contribution is -0.155. The van der Waals surface area contributed by atoms with Gasteiger partial charge in [0.1, 0.15) is 12.1 Å². The Morgan fingerprint density at radius 1 is 1.13 bits per heavy atom. The number of rotatable bonds is 7. The van der Waals surface area contributed by atoms with E-state index in [0.717, 1.165) is 75.9 Å². The summed E-state index contributed by atoms with van der Waals surface area (Å²) in [5.41, 5.74) is 11.0. The average Bonchev–Trinajstić information content (AvgIpc) is 3.67. The van der Waals surface area contributed by atoms with E-state index in [4.69, 9.17) is 19.4 Å². The van der Waals surface area contributed by atoms with E-state index in [2.05, 4.69) is 96.4 Å². The highest BCUT2D eigenvalue weighted by molar-refractivity contribution is 7.10. The summed E-state index contributed by atoms with van der Waals surface area (Å²) < 4.78 is 14.6. The van der Waals surface area contributed by atoms with Crippen molar-refractivity contribution >= 4 is 45.7 Å². The number of hydrazine groups is 1. The first-order valence-corrected chi connectivity index (χ1v) is 23.3. The number of cyclic esters (lactones) is 1. The number of hydrogen-bond acceptors (Lipinski definition) is 11. The van der Waals surface area contributed by atoms with Gasteiger partial charge >= 0.3 is 5.97 Å². The Morgan fingerprint density at radius 2 is 1.90 bits per heavy atom. The predicted molar refractivity (Wildman–Crippen MR) is 238 cm³/mol. The van der Waals surface area contributed by atoms with Gasteiger partial charge < -0.3 is 24.3 Å². The van der Waals surface area contributed by atoms with E-state index < -0.39 is 17.5 Å². The number of methoxy groups -OCH3 is 1. The van der Waals surface area contributed by atoms with Crippen LogP contribution >= 0.6 is 11.3 Å².